The summed E-state index contributed by atoms with van der Waals surface area (Å²) in [5.41, 5.74) is 0.939. The minimum absolute atomic E-state index is 0.0479. The molecule has 2 aromatic heterocycles. The number of alkyl halides is 3. The van der Waals surface area contributed by atoms with Crippen molar-refractivity contribution in [3.8, 4) is 0 Å². The maximum atomic E-state index is 13.2. The number of nitrogens with zero attached hydrogens (tertiary/aromatic N) is 4. The number of carbonyl (C=O) groups is 2. The van der Waals surface area contributed by atoms with Crippen LogP contribution in [0, 0.1) is 5.82 Å². The van der Waals surface area contributed by atoms with Crippen molar-refractivity contribution in [3.63, 3.8) is 0 Å². The van der Waals surface area contributed by atoms with Gasteiger partial charge in [0.25, 0.3) is 5.91 Å². The Morgan fingerprint density at radius 2 is 1.97 bits per heavy atom. The fourth-order valence-corrected chi connectivity index (χ4v) is 2.17. The first kappa shape index (κ1) is 25.1. The number of amides is 1. The van der Waals surface area contributed by atoms with Crippen molar-refractivity contribution in [1.82, 2.24) is 25.8 Å². The van der Waals surface area contributed by atoms with Crippen LogP contribution in [0.3, 0.4) is 0 Å². The zero-order valence-corrected chi connectivity index (χ0v) is 16.6. The summed E-state index contributed by atoms with van der Waals surface area (Å²) in [5, 5.41) is 38.2. The lowest BCUT2D eigenvalue weighted by atomic mass is 10.2. The van der Waals surface area contributed by atoms with E-state index in [1.165, 1.54) is 24.5 Å². The Hall–Kier alpha value is -4.21. The van der Waals surface area contributed by atoms with Crippen molar-refractivity contribution < 1.29 is 42.1 Å². The van der Waals surface area contributed by atoms with Crippen molar-refractivity contribution in [2.75, 3.05) is 5.32 Å². The summed E-state index contributed by atoms with van der Waals surface area (Å²) < 4.78 is 49.6. The zero-order valence-electron chi connectivity index (χ0n) is 15.9. The number of aromatic nitrogens is 4. The number of carbonyl (C=O) groups excluding carboxylic acids is 1. The minimum atomic E-state index is -5.08. The largest absolute Gasteiger partial charge is 0.490 e. The molecule has 17 heteroatoms. The molecule has 1 amide bonds. The zero-order chi connectivity index (χ0) is 24.6. The first-order chi connectivity index (χ1) is 15.5. The molecule has 1 aromatic carbocycles. The van der Waals surface area contributed by atoms with E-state index in [2.05, 4.69) is 40.9 Å². The monoisotopic (exact) mass is 493 g/mol. The summed E-state index contributed by atoms with van der Waals surface area (Å²) in [4.78, 5) is 20.8. The number of hydrogen-bond acceptors (Lipinski definition) is 8. The molecule has 176 valence electrons. The predicted molar refractivity (Wildman–Crippen MR) is 101 cm³/mol. The highest BCUT2D eigenvalue weighted by Gasteiger charge is 2.38. The summed E-state index contributed by atoms with van der Waals surface area (Å²) in [7, 11) is 0. The number of benzene rings is 1. The van der Waals surface area contributed by atoms with Crippen LogP contribution >= 0.6 is 11.6 Å². The van der Waals surface area contributed by atoms with Crippen LogP contribution in [0.4, 0.5) is 23.2 Å². The number of carboxylic acid groups (broad SMARTS) is 1. The van der Waals surface area contributed by atoms with E-state index in [0.717, 1.165) is 6.07 Å². The van der Waals surface area contributed by atoms with E-state index in [1.54, 1.807) is 0 Å². The van der Waals surface area contributed by atoms with E-state index in [0.29, 0.717) is 11.3 Å². The standard InChI is InChI=1S/C14H11ClFN7O3.C2HF3O2/c15-9-3-8(1-2-10(9)16)20-13(21-25)12-11(22-26-23-12)6-17-14(24)7-4-18-19-5-7;3-2(4,5)1(6)7/h1-5,25H,6H2,(H,17,24)(H,18,19)(H,20,21);(H,6,7). The Morgan fingerprint density at radius 3 is 2.52 bits per heavy atom. The number of amidine groups is 1. The summed E-state index contributed by atoms with van der Waals surface area (Å²) in [6.45, 7) is -0.0479. The maximum Gasteiger partial charge on any atom is 0.490 e. The second kappa shape index (κ2) is 10.9. The smallest absolute Gasteiger partial charge is 0.475 e. The average molecular weight is 494 g/mol. The molecule has 3 aromatic rings. The third-order valence-electron chi connectivity index (χ3n) is 3.48. The highest BCUT2D eigenvalue weighted by Crippen LogP contribution is 2.20. The number of anilines is 1. The highest BCUT2D eigenvalue weighted by atomic mass is 35.5. The molecular weight excluding hydrogens is 482 g/mol. The second-order valence-electron chi connectivity index (χ2n) is 5.73. The van der Waals surface area contributed by atoms with Gasteiger partial charge < -0.3 is 20.9 Å². The summed E-state index contributed by atoms with van der Waals surface area (Å²) in [6.07, 6.45) is -2.30. The van der Waals surface area contributed by atoms with Gasteiger partial charge in [0.05, 0.1) is 23.3 Å². The van der Waals surface area contributed by atoms with Gasteiger partial charge in [0.1, 0.15) is 11.5 Å². The first-order valence-electron chi connectivity index (χ1n) is 8.36. The molecular formula is C16H12ClF4N7O5. The lowest BCUT2D eigenvalue weighted by Crippen LogP contribution is -2.25. The van der Waals surface area contributed by atoms with Crippen LogP contribution in [0.2, 0.25) is 5.02 Å². The molecule has 0 aliphatic carbocycles. The van der Waals surface area contributed by atoms with Crippen LogP contribution < -0.4 is 10.6 Å². The summed E-state index contributed by atoms with van der Waals surface area (Å²) in [5.74, 6) is -3.87. The molecule has 0 saturated carbocycles. The molecule has 2 heterocycles. The Bertz CT molecular complexity index is 1130. The number of halogens is 5. The number of aliphatic carboxylic acids is 1. The molecule has 0 fully saturated rings. The third kappa shape index (κ3) is 7.17. The topological polar surface area (TPSA) is 179 Å². The molecule has 3 rings (SSSR count). The van der Waals surface area contributed by atoms with Gasteiger partial charge in [0, 0.05) is 11.9 Å². The Kier molecular flexibility index (Phi) is 8.27. The van der Waals surface area contributed by atoms with Crippen LogP contribution in [-0.2, 0) is 11.3 Å². The molecule has 12 nitrogen and oxygen atoms in total. The van der Waals surface area contributed by atoms with Gasteiger partial charge in [0.15, 0.2) is 5.69 Å². The van der Waals surface area contributed by atoms with Crippen molar-refractivity contribution >= 4 is 35.0 Å². The Labute approximate surface area is 185 Å². The molecule has 0 spiro atoms. The van der Waals surface area contributed by atoms with Crippen LogP contribution in [0.5, 0.6) is 0 Å². The van der Waals surface area contributed by atoms with Gasteiger partial charge in [-0.3, -0.25) is 9.89 Å². The highest BCUT2D eigenvalue weighted by molar-refractivity contribution is 6.31. The Morgan fingerprint density at radius 1 is 1.27 bits per heavy atom. The SMILES string of the molecule is O=C(NCc1nonc1C(=NO)Nc1ccc(F)c(Cl)c1)c1cn[nH]c1.O=C(O)C(F)(F)F. The van der Waals surface area contributed by atoms with Crippen molar-refractivity contribution in [2.45, 2.75) is 12.7 Å². The number of aromatic amines is 1. The fourth-order valence-electron chi connectivity index (χ4n) is 1.99. The van der Waals surface area contributed by atoms with Gasteiger partial charge >= 0.3 is 12.1 Å². The normalized spacial score (nSPS) is 11.4. The van der Waals surface area contributed by atoms with Crippen LogP contribution in [-0.4, -0.2) is 54.7 Å². The maximum absolute atomic E-state index is 13.2. The van der Waals surface area contributed by atoms with Crippen LogP contribution in [0.15, 0.2) is 40.4 Å². The number of carboxylic acids is 1. The molecule has 0 unspecified atom stereocenters. The number of nitrogens with one attached hydrogen (secondary N) is 3. The number of H-pyrrole nitrogens is 1. The van der Waals surface area contributed by atoms with E-state index in [4.69, 9.17) is 21.5 Å². The molecule has 0 radical (unpaired) electrons. The number of hydrogen-bond donors (Lipinski definition) is 5. The van der Waals surface area contributed by atoms with E-state index in [9.17, 15) is 27.6 Å². The van der Waals surface area contributed by atoms with Crippen molar-refractivity contribution in [2.24, 2.45) is 5.16 Å². The molecule has 0 atom stereocenters. The minimum Gasteiger partial charge on any atom is -0.475 e. The van der Waals surface area contributed by atoms with E-state index in [-0.39, 0.29) is 28.8 Å². The summed E-state index contributed by atoms with van der Waals surface area (Å²) in [6, 6.07) is 3.84. The van der Waals surface area contributed by atoms with Gasteiger partial charge in [-0.1, -0.05) is 21.9 Å². The molecule has 5 N–H and O–H groups in total. The van der Waals surface area contributed by atoms with E-state index < -0.39 is 23.9 Å². The van der Waals surface area contributed by atoms with Crippen molar-refractivity contribution in [3.05, 3.63) is 58.4 Å². The third-order valence-corrected chi connectivity index (χ3v) is 3.77. The average Bonchev–Trinajstić information content (AvgIpc) is 3.45. The van der Waals surface area contributed by atoms with Gasteiger partial charge in [-0.05, 0) is 23.4 Å². The quantitative estimate of drug-likeness (QED) is 0.117. The molecule has 33 heavy (non-hydrogen) atoms. The molecule has 0 saturated heterocycles. The molecule has 0 bridgehead atoms. The first-order valence-corrected chi connectivity index (χ1v) is 8.73. The molecule has 0 aliphatic heterocycles. The van der Waals surface area contributed by atoms with Crippen LogP contribution in [0.1, 0.15) is 21.7 Å². The Balaban J connectivity index is 0.000000479. The lowest BCUT2D eigenvalue weighted by Gasteiger charge is -2.08. The van der Waals surface area contributed by atoms with Gasteiger partial charge in [0.2, 0.25) is 5.84 Å². The summed E-state index contributed by atoms with van der Waals surface area (Å²) >= 11 is 5.71. The second-order valence-corrected chi connectivity index (χ2v) is 6.14. The van der Waals surface area contributed by atoms with Gasteiger partial charge in [-0.25, -0.2) is 13.8 Å². The van der Waals surface area contributed by atoms with Crippen molar-refractivity contribution in [1.29, 1.82) is 0 Å². The lowest BCUT2D eigenvalue weighted by molar-refractivity contribution is -0.192. The fraction of sp³-hybridized carbons (Fsp3) is 0.125. The van der Waals surface area contributed by atoms with Gasteiger partial charge in [-0.2, -0.15) is 18.3 Å². The van der Waals surface area contributed by atoms with E-state index in [1.807, 2.05) is 0 Å². The molecule has 0 aliphatic rings. The predicted octanol–water partition coefficient (Wildman–Crippen LogP) is 2.40. The van der Waals surface area contributed by atoms with Gasteiger partial charge in [-0.15, -0.1) is 0 Å². The van der Waals surface area contributed by atoms with E-state index >= 15 is 0 Å². The van der Waals surface area contributed by atoms with Crippen LogP contribution in [0.25, 0.3) is 0 Å². The number of rotatable bonds is 5. The number of oxime groups is 1.